The fourth-order valence-corrected chi connectivity index (χ4v) is 3.07. The molecule has 0 saturated carbocycles. The SMILES string of the molecule is CCOC(=O)C1CCN(C(=O)c2ccc(NC(=O)[C@@H](N)C(C)(C)C)cc2)CC1. The van der Waals surface area contributed by atoms with Gasteiger partial charge in [0.1, 0.15) is 0 Å². The van der Waals surface area contributed by atoms with Gasteiger partial charge in [-0.25, -0.2) is 0 Å². The molecule has 1 aliphatic rings. The van der Waals surface area contributed by atoms with Crippen LogP contribution in [-0.2, 0) is 14.3 Å². The summed E-state index contributed by atoms with van der Waals surface area (Å²) in [5.41, 5.74) is 6.77. The normalized spacial score (nSPS) is 16.4. The number of anilines is 1. The maximum atomic E-state index is 12.7. The molecule has 1 atom stereocenters. The Morgan fingerprint density at radius 3 is 2.25 bits per heavy atom. The molecule has 1 aromatic carbocycles. The molecule has 7 heteroatoms. The second-order valence-electron chi connectivity index (χ2n) is 8.23. The van der Waals surface area contributed by atoms with E-state index in [1.54, 1.807) is 36.1 Å². The van der Waals surface area contributed by atoms with E-state index in [0.717, 1.165) is 0 Å². The van der Waals surface area contributed by atoms with Crippen LogP contribution < -0.4 is 11.1 Å². The molecule has 1 aliphatic heterocycles. The summed E-state index contributed by atoms with van der Waals surface area (Å²) >= 11 is 0. The molecular formula is C21H31N3O4. The zero-order valence-corrected chi connectivity index (χ0v) is 17.2. The van der Waals surface area contributed by atoms with Crippen molar-refractivity contribution >= 4 is 23.5 Å². The van der Waals surface area contributed by atoms with E-state index in [4.69, 9.17) is 10.5 Å². The van der Waals surface area contributed by atoms with Gasteiger partial charge >= 0.3 is 5.97 Å². The van der Waals surface area contributed by atoms with Crippen molar-refractivity contribution < 1.29 is 19.1 Å². The summed E-state index contributed by atoms with van der Waals surface area (Å²) in [7, 11) is 0. The van der Waals surface area contributed by atoms with Crippen LogP contribution in [0.3, 0.4) is 0 Å². The largest absolute Gasteiger partial charge is 0.466 e. The number of ether oxygens (including phenoxy) is 1. The van der Waals surface area contributed by atoms with E-state index < -0.39 is 6.04 Å². The Morgan fingerprint density at radius 1 is 1.18 bits per heavy atom. The molecule has 1 heterocycles. The van der Waals surface area contributed by atoms with Crippen LogP contribution in [0.1, 0.15) is 50.9 Å². The third-order valence-electron chi connectivity index (χ3n) is 5.02. The Balaban J connectivity index is 1.92. The molecule has 0 spiro atoms. The van der Waals surface area contributed by atoms with Gasteiger partial charge in [-0.2, -0.15) is 0 Å². The number of nitrogens with zero attached hydrogens (tertiary/aromatic N) is 1. The van der Waals surface area contributed by atoms with Gasteiger partial charge in [-0.3, -0.25) is 14.4 Å². The van der Waals surface area contributed by atoms with E-state index >= 15 is 0 Å². The second kappa shape index (κ2) is 9.19. The highest BCUT2D eigenvalue weighted by atomic mass is 16.5. The lowest BCUT2D eigenvalue weighted by atomic mass is 9.87. The molecular weight excluding hydrogens is 358 g/mol. The summed E-state index contributed by atoms with van der Waals surface area (Å²) in [6, 6.07) is 6.16. The maximum absolute atomic E-state index is 12.7. The molecule has 28 heavy (non-hydrogen) atoms. The fourth-order valence-electron chi connectivity index (χ4n) is 3.07. The fraction of sp³-hybridized carbons (Fsp3) is 0.571. The minimum Gasteiger partial charge on any atom is -0.466 e. The lowest BCUT2D eigenvalue weighted by Crippen LogP contribution is -2.45. The van der Waals surface area contributed by atoms with Crippen molar-refractivity contribution in [2.24, 2.45) is 17.1 Å². The van der Waals surface area contributed by atoms with E-state index in [1.165, 1.54) is 0 Å². The van der Waals surface area contributed by atoms with Gasteiger partial charge in [0.2, 0.25) is 5.91 Å². The summed E-state index contributed by atoms with van der Waals surface area (Å²) in [5, 5.41) is 2.78. The highest BCUT2D eigenvalue weighted by Gasteiger charge is 2.29. The molecule has 7 nitrogen and oxygen atoms in total. The van der Waals surface area contributed by atoms with Gasteiger partial charge in [0.15, 0.2) is 0 Å². The highest BCUT2D eigenvalue weighted by molar-refractivity contribution is 5.97. The van der Waals surface area contributed by atoms with Crippen LogP contribution in [0.15, 0.2) is 24.3 Å². The van der Waals surface area contributed by atoms with Gasteiger partial charge in [0.05, 0.1) is 18.6 Å². The topological polar surface area (TPSA) is 102 Å². The predicted octanol–water partition coefficient (Wildman–Crippen LogP) is 2.41. The standard InChI is InChI=1S/C21H31N3O4/c1-5-28-20(27)15-10-12-24(13-11-15)19(26)14-6-8-16(9-7-14)23-18(25)17(22)21(2,3)4/h6-9,15,17H,5,10-13,22H2,1-4H3,(H,23,25)/t17-/m1/s1. The van der Waals surface area contributed by atoms with E-state index in [2.05, 4.69) is 5.32 Å². The quantitative estimate of drug-likeness (QED) is 0.753. The summed E-state index contributed by atoms with van der Waals surface area (Å²) in [4.78, 5) is 38.4. The third-order valence-corrected chi connectivity index (χ3v) is 5.02. The zero-order valence-electron chi connectivity index (χ0n) is 17.2. The number of nitrogens with two attached hydrogens (primary N) is 1. The summed E-state index contributed by atoms with van der Waals surface area (Å²) < 4.78 is 5.06. The number of piperidine rings is 1. The molecule has 0 bridgehead atoms. The van der Waals surface area contributed by atoms with Crippen LogP contribution >= 0.6 is 0 Å². The van der Waals surface area contributed by atoms with Crippen molar-refractivity contribution in [3.05, 3.63) is 29.8 Å². The van der Waals surface area contributed by atoms with Crippen LogP contribution in [0.25, 0.3) is 0 Å². The van der Waals surface area contributed by atoms with Gasteiger partial charge in [-0.05, 0) is 49.4 Å². The average Bonchev–Trinajstić information content (AvgIpc) is 2.67. The van der Waals surface area contributed by atoms with Gasteiger partial charge in [-0.1, -0.05) is 20.8 Å². The average molecular weight is 389 g/mol. The summed E-state index contributed by atoms with van der Waals surface area (Å²) in [5.74, 6) is -0.643. The first-order valence-corrected chi connectivity index (χ1v) is 9.76. The van der Waals surface area contributed by atoms with Crippen LogP contribution in [0.5, 0.6) is 0 Å². The van der Waals surface area contributed by atoms with Gasteiger partial charge in [-0.15, -0.1) is 0 Å². The van der Waals surface area contributed by atoms with E-state index in [0.29, 0.717) is 43.8 Å². The molecule has 3 N–H and O–H groups in total. The Hall–Kier alpha value is -2.41. The van der Waals surface area contributed by atoms with E-state index in [1.807, 2.05) is 20.8 Å². The molecule has 154 valence electrons. The molecule has 0 aromatic heterocycles. The number of likely N-dealkylation sites (tertiary alicyclic amines) is 1. The van der Waals surface area contributed by atoms with Crippen molar-refractivity contribution in [1.29, 1.82) is 0 Å². The first-order chi connectivity index (χ1) is 13.1. The molecule has 1 aromatic rings. The lowest BCUT2D eigenvalue weighted by Gasteiger charge is -2.31. The molecule has 0 aliphatic carbocycles. The smallest absolute Gasteiger partial charge is 0.309 e. The molecule has 0 radical (unpaired) electrons. The Kier molecular flexibility index (Phi) is 7.18. The summed E-state index contributed by atoms with van der Waals surface area (Å²) in [6.07, 6.45) is 1.23. The number of rotatable bonds is 5. The summed E-state index contributed by atoms with van der Waals surface area (Å²) in [6.45, 7) is 8.95. The van der Waals surface area contributed by atoms with Crippen LogP contribution in [0.2, 0.25) is 0 Å². The molecule has 2 amide bonds. The Morgan fingerprint density at radius 2 is 1.75 bits per heavy atom. The Labute approximate surface area is 166 Å². The van der Waals surface area contributed by atoms with Gasteiger partial charge < -0.3 is 20.7 Å². The molecule has 1 saturated heterocycles. The monoisotopic (exact) mass is 389 g/mol. The minimum atomic E-state index is -0.630. The third kappa shape index (κ3) is 5.55. The Bertz CT molecular complexity index is 701. The van der Waals surface area contributed by atoms with Gasteiger partial charge in [0.25, 0.3) is 5.91 Å². The molecule has 2 rings (SSSR count). The van der Waals surface area contributed by atoms with E-state index in [9.17, 15) is 14.4 Å². The number of carbonyl (C=O) groups excluding carboxylic acids is 3. The number of hydrogen-bond acceptors (Lipinski definition) is 5. The lowest BCUT2D eigenvalue weighted by molar-refractivity contribution is -0.149. The number of hydrogen-bond donors (Lipinski definition) is 2. The van der Waals surface area contributed by atoms with Crippen molar-refractivity contribution in [3.8, 4) is 0 Å². The predicted molar refractivity (Wildman–Crippen MR) is 108 cm³/mol. The molecule has 0 unspecified atom stereocenters. The number of nitrogens with one attached hydrogen (secondary N) is 1. The number of carbonyl (C=O) groups is 3. The second-order valence-corrected chi connectivity index (χ2v) is 8.23. The number of benzene rings is 1. The first-order valence-electron chi connectivity index (χ1n) is 9.76. The van der Waals surface area contributed by atoms with Crippen molar-refractivity contribution in [2.75, 3.05) is 25.0 Å². The van der Waals surface area contributed by atoms with Crippen molar-refractivity contribution in [2.45, 2.75) is 46.6 Å². The molecule has 1 fully saturated rings. The van der Waals surface area contributed by atoms with Crippen molar-refractivity contribution in [1.82, 2.24) is 4.90 Å². The van der Waals surface area contributed by atoms with Crippen molar-refractivity contribution in [3.63, 3.8) is 0 Å². The maximum Gasteiger partial charge on any atom is 0.309 e. The first kappa shape index (κ1) is 21.9. The van der Waals surface area contributed by atoms with Crippen LogP contribution in [0, 0.1) is 11.3 Å². The minimum absolute atomic E-state index is 0.0772. The number of amides is 2. The van der Waals surface area contributed by atoms with Gasteiger partial charge in [0, 0.05) is 24.3 Å². The van der Waals surface area contributed by atoms with E-state index in [-0.39, 0.29) is 29.1 Å². The highest BCUT2D eigenvalue weighted by Crippen LogP contribution is 2.22. The van der Waals surface area contributed by atoms with Crippen LogP contribution in [-0.4, -0.2) is 48.4 Å². The van der Waals surface area contributed by atoms with Crippen LogP contribution in [0.4, 0.5) is 5.69 Å². The zero-order chi connectivity index (χ0) is 20.9. The number of esters is 1.